The molecule has 2 amide bonds. The molecule has 0 aromatic heterocycles. The Hall–Kier alpha value is -2.40. The van der Waals surface area contributed by atoms with Gasteiger partial charge in [0, 0.05) is 12.6 Å². The van der Waals surface area contributed by atoms with Crippen molar-refractivity contribution in [3.63, 3.8) is 0 Å². The van der Waals surface area contributed by atoms with Gasteiger partial charge < -0.3 is 36.3 Å². The van der Waals surface area contributed by atoms with E-state index in [1.165, 1.54) is 0 Å². The number of nitrogens with one attached hydrogen (secondary N) is 3. The van der Waals surface area contributed by atoms with Gasteiger partial charge in [-0.3, -0.25) is 9.59 Å². The number of carbonyl (C=O) groups excluding carboxylic acids is 3. The summed E-state index contributed by atoms with van der Waals surface area (Å²) in [7, 11) is 0. The first kappa shape index (κ1) is 32.6. The summed E-state index contributed by atoms with van der Waals surface area (Å²) in [6.07, 6.45) is 5.98. The van der Waals surface area contributed by atoms with Crippen LogP contribution in [0.1, 0.15) is 91.9 Å². The summed E-state index contributed by atoms with van der Waals surface area (Å²) in [5, 5.41) is 18.3. The van der Waals surface area contributed by atoms with Crippen molar-refractivity contribution in [3.8, 4) is 0 Å². The second kappa shape index (κ2) is 17.2. The lowest BCUT2D eigenvalue weighted by Crippen LogP contribution is -2.55. The van der Waals surface area contributed by atoms with Crippen molar-refractivity contribution in [2.45, 2.75) is 116 Å². The van der Waals surface area contributed by atoms with Gasteiger partial charge in [-0.2, -0.15) is 0 Å². The fraction of sp³-hybridized carbons (Fsp3) is 0.846. The molecule has 1 aliphatic rings. The van der Waals surface area contributed by atoms with Crippen LogP contribution in [0.4, 0.5) is 4.79 Å². The minimum absolute atomic E-state index is 0.205. The molecule has 0 aromatic carbocycles. The topological polar surface area (TPSA) is 169 Å². The number of alkyl carbamates (subject to hydrolysis) is 1. The van der Waals surface area contributed by atoms with Crippen molar-refractivity contribution in [2.24, 2.45) is 11.7 Å². The van der Waals surface area contributed by atoms with Gasteiger partial charge >= 0.3 is 18.0 Å². The molecule has 6 N–H and O–H groups in total. The van der Waals surface area contributed by atoms with E-state index in [0.717, 1.165) is 25.7 Å². The quantitative estimate of drug-likeness (QED) is 0.149. The Labute approximate surface area is 221 Å². The molecule has 11 nitrogen and oxygen atoms in total. The number of nitrogens with two attached hydrogens (primary N) is 1. The van der Waals surface area contributed by atoms with Gasteiger partial charge in [-0.05, 0) is 79.2 Å². The Kier molecular flexibility index (Phi) is 15.1. The van der Waals surface area contributed by atoms with E-state index >= 15 is 0 Å². The fourth-order valence-corrected chi connectivity index (χ4v) is 4.41. The van der Waals surface area contributed by atoms with Crippen LogP contribution in [-0.4, -0.2) is 72.5 Å². The van der Waals surface area contributed by atoms with Crippen molar-refractivity contribution >= 4 is 23.9 Å². The molecule has 1 saturated carbocycles. The SMILES string of the molecule is CCOC(=O)C1CCCCC1N[C@@H](CCCCN)C(=O)N[C@@H](CCCCNC(=O)OC(C)(C)C)C(=O)O. The lowest BCUT2D eigenvalue weighted by molar-refractivity contribution is -0.150. The largest absolute Gasteiger partial charge is 0.480 e. The number of amides is 2. The molecule has 4 atom stereocenters. The number of carboxylic acid groups (broad SMARTS) is 1. The molecule has 0 saturated heterocycles. The Morgan fingerprint density at radius 2 is 1.65 bits per heavy atom. The molecule has 0 spiro atoms. The van der Waals surface area contributed by atoms with Crippen LogP contribution in [0.25, 0.3) is 0 Å². The number of rotatable bonds is 16. The zero-order valence-corrected chi connectivity index (χ0v) is 23.0. The lowest BCUT2D eigenvalue weighted by atomic mass is 9.83. The predicted molar refractivity (Wildman–Crippen MR) is 140 cm³/mol. The van der Waals surface area contributed by atoms with E-state index in [1.807, 2.05) is 0 Å². The molecule has 1 fully saturated rings. The summed E-state index contributed by atoms with van der Waals surface area (Å²) in [6.45, 7) is 8.23. The van der Waals surface area contributed by atoms with Crippen molar-refractivity contribution in [1.82, 2.24) is 16.0 Å². The van der Waals surface area contributed by atoms with Gasteiger partial charge in [-0.15, -0.1) is 0 Å². The molecule has 0 aliphatic heterocycles. The van der Waals surface area contributed by atoms with E-state index in [9.17, 15) is 24.3 Å². The number of carboxylic acids is 1. The summed E-state index contributed by atoms with van der Waals surface area (Å²) >= 11 is 0. The number of carbonyl (C=O) groups is 4. The molecule has 0 bridgehead atoms. The van der Waals surface area contributed by atoms with E-state index < -0.39 is 35.7 Å². The third-order valence-electron chi connectivity index (χ3n) is 6.24. The van der Waals surface area contributed by atoms with E-state index in [-0.39, 0.29) is 24.3 Å². The number of unbranched alkanes of at least 4 members (excludes halogenated alkanes) is 2. The highest BCUT2D eigenvalue weighted by Gasteiger charge is 2.35. The molecule has 37 heavy (non-hydrogen) atoms. The van der Waals surface area contributed by atoms with Gasteiger partial charge in [0.05, 0.1) is 18.6 Å². The molecule has 0 aromatic rings. The number of hydrogen-bond donors (Lipinski definition) is 5. The molecule has 1 rings (SSSR count). The van der Waals surface area contributed by atoms with Crippen LogP contribution in [0, 0.1) is 5.92 Å². The zero-order valence-electron chi connectivity index (χ0n) is 23.0. The summed E-state index contributed by atoms with van der Waals surface area (Å²) in [4.78, 5) is 49.2. The molecule has 1 aliphatic carbocycles. The predicted octanol–water partition coefficient (Wildman–Crippen LogP) is 2.46. The van der Waals surface area contributed by atoms with Crippen molar-refractivity contribution in [1.29, 1.82) is 0 Å². The summed E-state index contributed by atoms with van der Waals surface area (Å²) in [5.41, 5.74) is 5.03. The van der Waals surface area contributed by atoms with E-state index in [0.29, 0.717) is 51.8 Å². The maximum Gasteiger partial charge on any atom is 0.407 e. The van der Waals surface area contributed by atoms with Gasteiger partial charge in [-0.25, -0.2) is 9.59 Å². The van der Waals surface area contributed by atoms with Gasteiger partial charge in [0.2, 0.25) is 5.91 Å². The number of ether oxygens (including phenoxy) is 2. The summed E-state index contributed by atoms with van der Waals surface area (Å²) in [6, 6.07) is -1.90. The van der Waals surface area contributed by atoms with Gasteiger partial charge in [0.15, 0.2) is 0 Å². The van der Waals surface area contributed by atoms with Crippen molar-refractivity contribution in [3.05, 3.63) is 0 Å². The monoisotopic (exact) mass is 528 g/mol. The first-order valence-corrected chi connectivity index (χ1v) is 13.6. The van der Waals surface area contributed by atoms with Crippen molar-refractivity contribution in [2.75, 3.05) is 19.7 Å². The number of aliphatic carboxylic acids is 1. The first-order valence-electron chi connectivity index (χ1n) is 13.6. The number of hydrogen-bond acceptors (Lipinski definition) is 8. The average Bonchev–Trinajstić information content (AvgIpc) is 2.81. The van der Waals surface area contributed by atoms with Crippen LogP contribution in [-0.2, 0) is 23.9 Å². The van der Waals surface area contributed by atoms with Crippen LogP contribution in [0.3, 0.4) is 0 Å². The highest BCUT2D eigenvalue weighted by molar-refractivity contribution is 5.87. The standard InChI is InChI=1S/C26H48N4O7/c1-5-36-24(34)18-12-6-7-13-19(18)29-20(14-8-10-16-27)22(31)30-21(23(32)33)15-9-11-17-28-25(35)37-26(2,3)4/h18-21,29H,5-17,27H2,1-4H3,(H,28,35)(H,30,31)(H,32,33)/t18?,19?,20-,21-/m0/s1. The van der Waals surface area contributed by atoms with Crippen molar-refractivity contribution < 1.29 is 33.8 Å². The summed E-state index contributed by atoms with van der Waals surface area (Å²) in [5.74, 6) is -2.10. The second-order valence-electron chi connectivity index (χ2n) is 10.6. The maximum absolute atomic E-state index is 13.2. The summed E-state index contributed by atoms with van der Waals surface area (Å²) < 4.78 is 10.4. The minimum Gasteiger partial charge on any atom is -0.480 e. The van der Waals surface area contributed by atoms with Crippen LogP contribution in [0.5, 0.6) is 0 Å². The zero-order chi connectivity index (χ0) is 27.8. The second-order valence-corrected chi connectivity index (χ2v) is 10.6. The Bertz CT molecular complexity index is 726. The third kappa shape index (κ3) is 13.6. The van der Waals surface area contributed by atoms with E-state index in [2.05, 4.69) is 16.0 Å². The average molecular weight is 529 g/mol. The van der Waals surface area contributed by atoms with Crippen LogP contribution in [0.2, 0.25) is 0 Å². The molecule has 214 valence electrons. The lowest BCUT2D eigenvalue weighted by Gasteiger charge is -2.34. The minimum atomic E-state index is -1.11. The molecule has 0 radical (unpaired) electrons. The van der Waals surface area contributed by atoms with E-state index in [4.69, 9.17) is 15.2 Å². The first-order chi connectivity index (χ1) is 17.5. The van der Waals surface area contributed by atoms with Crippen LogP contribution in [0.15, 0.2) is 0 Å². The Morgan fingerprint density at radius 3 is 2.27 bits per heavy atom. The molecule has 2 unspecified atom stereocenters. The third-order valence-corrected chi connectivity index (χ3v) is 6.24. The molecule has 0 heterocycles. The Balaban J connectivity index is 2.70. The highest BCUT2D eigenvalue weighted by Crippen LogP contribution is 2.26. The van der Waals surface area contributed by atoms with Crippen LogP contribution >= 0.6 is 0 Å². The molecule has 11 heteroatoms. The van der Waals surface area contributed by atoms with Crippen LogP contribution < -0.4 is 21.7 Å². The Morgan fingerprint density at radius 1 is 1.00 bits per heavy atom. The van der Waals surface area contributed by atoms with Gasteiger partial charge in [-0.1, -0.05) is 19.3 Å². The van der Waals surface area contributed by atoms with Gasteiger partial charge in [0.25, 0.3) is 0 Å². The van der Waals surface area contributed by atoms with E-state index in [1.54, 1.807) is 27.7 Å². The fourth-order valence-electron chi connectivity index (χ4n) is 4.41. The smallest absolute Gasteiger partial charge is 0.407 e. The highest BCUT2D eigenvalue weighted by atomic mass is 16.6. The molecular formula is C26H48N4O7. The number of esters is 1. The molecular weight excluding hydrogens is 480 g/mol. The van der Waals surface area contributed by atoms with Gasteiger partial charge in [0.1, 0.15) is 11.6 Å². The normalized spacial score (nSPS) is 19.4. The maximum atomic E-state index is 13.2.